The molecule has 10 heteroatoms. The Bertz CT molecular complexity index is 2400. The molecule has 0 fully saturated rings. The van der Waals surface area contributed by atoms with Crippen LogP contribution in [0.25, 0.3) is 0 Å². The van der Waals surface area contributed by atoms with E-state index in [4.69, 9.17) is 38.9 Å². The van der Waals surface area contributed by atoms with Crippen molar-refractivity contribution in [3.63, 3.8) is 0 Å². The van der Waals surface area contributed by atoms with Gasteiger partial charge in [0, 0.05) is 66.8 Å². The lowest BCUT2D eigenvalue weighted by molar-refractivity contribution is 0.0826. The molecule has 0 aliphatic heterocycles. The second kappa shape index (κ2) is 17.2. The number of hydrogen-bond donors (Lipinski definition) is 0. The van der Waals surface area contributed by atoms with Crippen LogP contribution in [0.3, 0.4) is 0 Å². The molecule has 8 rings (SSSR count). The SMILES string of the molecule is CC=C1C2C=CCC1(N=Cc1ccccc1)c1ccc(OC(=O)OCCCCOC(=O)Oc3ccc4c(n3)CC3C=C(C)CC4(N=Cc4ccccc4)C3=CC)nc1C2. The molecule has 0 spiro atoms. The first kappa shape index (κ1) is 39.4. The highest BCUT2D eigenvalue weighted by molar-refractivity contribution is 5.81. The standard InChI is InChI=1S/C49H48N4O6/c1-4-38-36-19-14-24-48(38,50-31-34-15-8-6-9-16-34)40-20-22-44(52-42(40)28-36)58-46(54)56-25-12-13-26-57-47(55)59-45-23-21-41-43(53-45)29-37-27-33(3)30-49(41,39(37)5-2)51-32-35-17-10-7-11-18-35/h4-11,14-23,27,31-32,36-37H,12-13,24-26,28-30H2,1-3H3. The van der Waals surface area contributed by atoms with Crippen LogP contribution in [0.4, 0.5) is 9.59 Å². The van der Waals surface area contributed by atoms with Gasteiger partial charge in [-0.15, -0.1) is 0 Å². The average molecular weight is 789 g/mol. The molecular formula is C49H48N4O6. The first-order chi connectivity index (χ1) is 28.8. The van der Waals surface area contributed by atoms with Gasteiger partial charge in [-0.3, -0.25) is 9.98 Å². The molecule has 4 aliphatic rings. The van der Waals surface area contributed by atoms with E-state index in [-0.39, 0.29) is 36.8 Å². The largest absolute Gasteiger partial charge is 0.515 e. The number of carbonyl (C=O) groups excluding carboxylic acids is 2. The fourth-order valence-corrected chi connectivity index (χ4v) is 9.14. The van der Waals surface area contributed by atoms with E-state index in [1.165, 1.54) is 16.7 Å². The van der Waals surface area contributed by atoms with Crippen LogP contribution >= 0.6 is 0 Å². The number of fused-ring (bicyclic) bond motifs is 8. The summed E-state index contributed by atoms with van der Waals surface area (Å²) in [4.78, 5) is 45.2. The van der Waals surface area contributed by atoms with Gasteiger partial charge in [-0.05, 0) is 74.4 Å². The summed E-state index contributed by atoms with van der Waals surface area (Å²) < 4.78 is 21.6. The van der Waals surface area contributed by atoms with Crippen LogP contribution in [0.15, 0.2) is 142 Å². The highest BCUT2D eigenvalue weighted by Gasteiger charge is 2.47. The highest BCUT2D eigenvalue weighted by atomic mass is 16.7. The van der Waals surface area contributed by atoms with Crippen molar-refractivity contribution in [1.29, 1.82) is 0 Å². The van der Waals surface area contributed by atoms with Crippen LogP contribution in [-0.2, 0) is 33.4 Å². The molecule has 59 heavy (non-hydrogen) atoms. The molecule has 4 bridgehead atoms. The van der Waals surface area contributed by atoms with E-state index in [2.05, 4.69) is 51.2 Å². The first-order valence-corrected chi connectivity index (χ1v) is 20.4. The van der Waals surface area contributed by atoms with Crippen LogP contribution in [0.1, 0.15) is 80.1 Å². The van der Waals surface area contributed by atoms with E-state index in [1.54, 1.807) is 12.1 Å². The van der Waals surface area contributed by atoms with E-state index in [0.717, 1.165) is 46.5 Å². The zero-order valence-corrected chi connectivity index (χ0v) is 33.7. The van der Waals surface area contributed by atoms with Gasteiger partial charge in [0.2, 0.25) is 11.8 Å². The minimum absolute atomic E-state index is 0.0843. The minimum Gasteiger partial charge on any atom is -0.434 e. The van der Waals surface area contributed by atoms with E-state index < -0.39 is 23.4 Å². The number of hydrogen-bond acceptors (Lipinski definition) is 10. The summed E-state index contributed by atoms with van der Waals surface area (Å²) in [6.07, 6.45) is 17.0. The monoisotopic (exact) mass is 788 g/mol. The number of ether oxygens (including phenoxy) is 4. The first-order valence-electron chi connectivity index (χ1n) is 20.4. The van der Waals surface area contributed by atoms with Gasteiger partial charge in [-0.1, -0.05) is 96.6 Å². The molecule has 0 saturated heterocycles. The summed E-state index contributed by atoms with van der Waals surface area (Å²) in [5.74, 6) is 0.664. The molecule has 4 unspecified atom stereocenters. The topological polar surface area (TPSA) is 122 Å². The van der Waals surface area contributed by atoms with Gasteiger partial charge in [-0.25, -0.2) is 19.6 Å². The second-order valence-electron chi connectivity index (χ2n) is 15.4. The van der Waals surface area contributed by atoms with Gasteiger partial charge < -0.3 is 18.9 Å². The van der Waals surface area contributed by atoms with E-state index in [0.29, 0.717) is 25.7 Å². The Hall–Kier alpha value is -6.42. The Kier molecular flexibility index (Phi) is 11.5. The van der Waals surface area contributed by atoms with Gasteiger partial charge in [0.25, 0.3) is 0 Å². The number of rotatable bonds is 11. The van der Waals surface area contributed by atoms with Gasteiger partial charge in [0.15, 0.2) is 0 Å². The van der Waals surface area contributed by atoms with Crippen molar-refractivity contribution in [2.45, 2.75) is 70.4 Å². The molecule has 0 saturated carbocycles. The summed E-state index contributed by atoms with van der Waals surface area (Å²) in [5, 5.41) is 0. The number of nitrogens with zero attached hydrogens (tertiary/aromatic N) is 4. The molecule has 4 aromatic rings. The Morgan fingerprint density at radius 3 is 1.76 bits per heavy atom. The fraction of sp³-hybridized carbons (Fsp3) is 0.306. The van der Waals surface area contributed by atoms with Crippen molar-refractivity contribution < 1.29 is 28.5 Å². The molecule has 300 valence electrons. The van der Waals surface area contributed by atoms with Crippen molar-refractivity contribution in [2.75, 3.05) is 13.2 Å². The minimum atomic E-state index is -0.845. The molecule has 2 aromatic carbocycles. The number of aliphatic imine (C=N–C) groups is 2. The zero-order chi connectivity index (χ0) is 40.8. The Labute approximate surface area is 345 Å². The third-order valence-electron chi connectivity index (χ3n) is 11.6. The predicted octanol–water partition coefficient (Wildman–Crippen LogP) is 10.2. The fourth-order valence-electron chi connectivity index (χ4n) is 9.14. The zero-order valence-electron chi connectivity index (χ0n) is 33.7. The predicted molar refractivity (Wildman–Crippen MR) is 227 cm³/mol. The summed E-state index contributed by atoms with van der Waals surface area (Å²) in [6, 6.07) is 27.5. The molecule has 0 N–H and O–H groups in total. The van der Waals surface area contributed by atoms with Crippen LogP contribution in [0.2, 0.25) is 0 Å². The van der Waals surface area contributed by atoms with Gasteiger partial charge >= 0.3 is 12.3 Å². The third-order valence-corrected chi connectivity index (χ3v) is 11.6. The number of allylic oxidation sites excluding steroid dienone is 4. The van der Waals surface area contributed by atoms with Gasteiger partial charge in [0.1, 0.15) is 11.1 Å². The summed E-state index contributed by atoms with van der Waals surface area (Å²) in [5.41, 5.74) is 8.44. The molecule has 4 atom stereocenters. The number of pyridine rings is 2. The Morgan fingerprint density at radius 1 is 0.695 bits per heavy atom. The second-order valence-corrected chi connectivity index (χ2v) is 15.4. The van der Waals surface area contributed by atoms with Crippen molar-refractivity contribution >= 4 is 24.7 Å². The maximum Gasteiger partial charge on any atom is 0.515 e. The molecule has 2 heterocycles. The summed E-state index contributed by atoms with van der Waals surface area (Å²) in [6.45, 7) is 6.46. The number of unbranched alkanes of at least 4 members (excludes halogenated alkanes) is 1. The number of aromatic nitrogens is 2. The lowest BCUT2D eigenvalue weighted by atomic mass is 9.63. The number of carbonyl (C=O) groups is 2. The van der Waals surface area contributed by atoms with Crippen molar-refractivity contribution in [3.05, 3.63) is 166 Å². The highest BCUT2D eigenvalue weighted by Crippen LogP contribution is 2.53. The lowest BCUT2D eigenvalue weighted by Crippen LogP contribution is -2.40. The lowest BCUT2D eigenvalue weighted by Gasteiger charge is -2.45. The van der Waals surface area contributed by atoms with Crippen molar-refractivity contribution in [3.8, 4) is 11.8 Å². The van der Waals surface area contributed by atoms with E-state index in [9.17, 15) is 9.59 Å². The van der Waals surface area contributed by atoms with Crippen LogP contribution in [-0.4, -0.2) is 47.9 Å². The smallest absolute Gasteiger partial charge is 0.434 e. The molecule has 10 nitrogen and oxygen atoms in total. The van der Waals surface area contributed by atoms with E-state index in [1.807, 2.05) is 85.2 Å². The normalized spacial score (nSPS) is 24.1. The third kappa shape index (κ3) is 8.17. The van der Waals surface area contributed by atoms with Crippen molar-refractivity contribution in [2.24, 2.45) is 21.8 Å². The van der Waals surface area contributed by atoms with Crippen LogP contribution in [0.5, 0.6) is 11.8 Å². The molecular weight excluding hydrogens is 741 g/mol. The maximum absolute atomic E-state index is 12.7. The molecule has 0 amide bonds. The Morgan fingerprint density at radius 2 is 1.20 bits per heavy atom. The number of benzene rings is 2. The van der Waals surface area contributed by atoms with Crippen LogP contribution < -0.4 is 9.47 Å². The average Bonchev–Trinajstić information content (AvgIpc) is 3.23. The maximum atomic E-state index is 12.7. The van der Waals surface area contributed by atoms with Gasteiger partial charge in [0.05, 0.1) is 24.6 Å². The van der Waals surface area contributed by atoms with Crippen LogP contribution in [0, 0.1) is 11.8 Å². The van der Waals surface area contributed by atoms with Gasteiger partial charge in [-0.2, -0.15) is 0 Å². The quantitative estimate of drug-likeness (QED) is 0.0637. The summed E-state index contributed by atoms with van der Waals surface area (Å²) in [7, 11) is 0. The molecule has 2 aromatic heterocycles. The Balaban J connectivity index is 0.823. The van der Waals surface area contributed by atoms with Crippen molar-refractivity contribution in [1.82, 2.24) is 9.97 Å². The van der Waals surface area contributed by atoms with E-state index >= 15 is 0 Å². The molecule has 4 aliphatic carbocycles. The molecule has 0 radical (unpaired) electrons. The summed E-state index contributed by atoms with van der Waals surface area (Å²) >= 11 is 0.